The van der Waals surface area contributed by atoms with Gasteiger partial charge in [-0.25, -0.2) is 4.99 Å². The second-order valence-corrected chi connectivity index (χ2v) is 7.61. The molecular weight excluding hydrogens is 390 g/mol. The van der Waals surface area contributed by atoms with E-state index in [1.165, 1.54) is 16.6 Å². The van der Waals surface area contributed by atoms with Crippen LogP contribution in [0.5, 0.6) is 5.75 Å². The van der Waals surface area contributed by atoms with E-state index in [1.54, 1.807) is 26.1 Å². The fourth-order valence-corrected chi connectivity index (χ4v) is 3.36. The molecule has 0 saturated heterocycles. The van der Waals surface area contributed by atoms with Crippen LogP contribution in [-0.4, -0.2) is 56.0 Å². The standard InChI is InChI=1S/C24H31N5O2/c1-17-20(21-7-5-6-8-22(21)28-17)13-14-25-24(27-16-23(30)29(2)3)26-15-18-9-11-19(31-4)12-10-18/h5-12,28H,13-16H2,1-4H3,(H2,25,26,27). The molecule has 0 saturated carbocycles. The molecule has 0 atom stereocenters. The Hall–Kier alpha value is -3.48. The van der Waals surface area contributed by atoms with Gasteiger partial charge in [-0.15, -0.1) is 0 Å². The largest absolute Gasteiger partial charge is 0.497 e. The van der Waals surface area contributed by atoms with Crippen LogP contribution < -0.4 is 15.4 Å². The van der Waals surface area contributed by atoms with Crippen LogP contribution in [0.3, 0.4) is 0 Å². The second kappa shape index (κ2) is 10.5. The van der Waals surface area contributed by atoms with Crippen LogP contribution in [0.4, 0.5) is 0 Å². The lowest BCUT2D eigenvalue weighted by Gasteiger charge is -2.15. The van der Waals surface area contributed by atoms with Crippen LogP contribution >= 0.6 is 0 Å². The first-order valence-corrected chi connectivity index (χ1v) is 10.4. The van der Waals surface area contributed by atoms with Gasteiger partial charge in [0.05, 0.1) is 20.2 Å². The number of benzene rings is 2. The van der Waals surface area contributed by atoms with E-state index in [-0.39, 0.29) is 12.5 Å². The minimum atomic E-state index is -0.00794. The molecule has 1 aromatic heterocycles. The summed E-state index contributed by atoms with van der Waals surface area (Å²) in [6, 6.07) is 16.1. The van der Waals surface area contributed by atoms with E-state index < -0.39 is 0 Å². The van der Waals surface area contributed by atoms with E-state index in [9.17, 15) is 4.79 Å². The maximum atomic E-state index is 12.0. The Morgan fingerprint density at radius 2 is 1.84 bits per heavy atom. The molecule has 3 N–H and O–H groups in total. The lowest BCUT2D eigenvalue weighted by atomic mass is 10.1. The smallest absolute Gasteiger partial charge is 0.241 e. The van der Waals surface area contributed by atoms with E-state index in [0.29, 0.717) is 19.0 Å². The highest BCUT2D eigenvalue weighted by molar-refractivity contribution is 5.87. The third kappa shape index (κ3) is 6.01. The van der Waals surface area contributed by atoms with E-state index in [2.05, 4.69) is 45.7 Å². The molecule has 0 aliphatic heterocycles. The van der Waals surface area contributed by atoms with Crippen molar-refractivity contribution in [2.24, 2.45) is 4.99 Å². The quantitative estimate of drug-likeness (QED) is 0.386. The number of H-pyrrole nitrogens is 1. The van der Waals surface area contributed by atoms with E-state index in [4.69, 9.17) is 4.74 Å². The molecule has 0 bridgehead atoms. The zero-order valence-corrected chi connectivity index (χ0v) is 18.7. The van der Waals surface area contributed by atoms with Crippen LogP contribution in [0.1, 0.15) is 16.8 Å². The Balaban J connectivity index is 1.66. The number of rotatable bonds is 8. The molecule has 3 rings (SSSR count). The van der Waals surface area contributed by atoms with Crippen molar-refractivity contribution in [3.8, 4) is 5.75 Å². The van der Waals surface area contributed by atoms with Gasteiger partial charge in [-0.1, -0.05) is 30.3 Å². The number of aryl methyl sites for hydroxylation is 1. The maximum Gasteiger partial charge on any atom is 0.241 e. The minimum Gasteiger partial charge on any atom is -0.497 e. The number of aromatic nitrogens is 1. The van der Waals surface area contributed by atoms with Gasteiger partial charge in [0.1, 0.15) is 5.75 Å². The molecule has 0 unspecified atom stereocenters. The number of aliphatic imine (C=N–C) groups is 1. The molecule has 1 amide bonds. The average Bonchev–Trinajstić information content (AvgIpc) is 3.10. The zero-order valence-electron chi connectivity index (χ0n) is 18.7. The number of carbonyl (C=O) groups excluding carboxylic acids is 1. The Labute approximate surface area is 183 Å². The first-order chi connectivity index (χ1) is 15.0. The third-order valence-electron chi connectivity index (χ3n) is 5.18. The van der Waals surface area contributed by atoms with Gasteiger partial charge in [-0.3, -0.25) is 4.79 Å². The molecule has 31 heavy (non-hydrogen) atoms. The van der Waals surface area contributed by atoms with Crippen molar-refractivity contribution >= 4 is 22.8 Å². The summed E-state index contributed by atoms with van der Waals surface area (Å²) in [6.45, 7) is 3.49. The van der Waals surface area contributed by atoms with Crippen molar-refractivity contribution in [3.05, 3.63) is 65.4 Å². The molecule has 0 aliphatic rings. The van der Waals surface area contributed by atoms with Gasteiger partial charge in [0.2, 0.25) is 5.91 Å². The first kappa shape index (κ1) is 22.2. The molecule has 7 nitrogen and oxygen atoms in total. The van der Waals surface area contributed by atoms with Crippen molar-refractivity contribution in [1.29, 1.82) is 0 Å². The molecule has 7 heteroatoms. The number of carbonyl (C=O) groups is 1. The molecular formula is C24H31N5O2. The summed E-state index contributed by atoms with van der Waals surface area (Å²) in [5, 5.41) is 7.75. The number of fused-ring (bicyclic) bond motifs is 1. The molecule has 0 aliphatic carbocycles. The van der Waals surface area contributed by atoms with Crippen molar-refractivity contribution in [3.63, 3.8) is 0 Å². The molecule has 164 valence electrons. The second-order valence-electron chi connectivity index (χ2n) is 7.61. The monoisotopic (exact) mass is 421 g/mol. The Bertz CT molecular complexity index is 1040. The van der Waals surface area contributed by atoms with Gasteiger partial charge >= 0.3 is 0 Å². The van der Waals surface area contributed by atoms with Crippen molar-refractivity contribution < 1.29 is 9.53 Å². The normalized spacial score (nSPS) is 11.4. The van der Waals surface area contributed by atoms with Gasteiger partial charge in [0, 0.05) is 37.2 Å². The van der Waals surface area contributed by atoms with Crippen LogP contribution in [0.25, 0.3) is 10.9 Å². The lowest BCUT2D eigenvalue weighted by Crippen LogP contribution is -2.43. The number of nitrogens with one attached hydrogen (secondary N) is 3. The SMILES string of the molecule is COc1ccc(CN=C(NCCc2c(C)[nH]c3ccccc23)NCC(=O)N(C)C)cc1. The highest BCUT2D eigenvalue weighted by Crippen LogP contribution is 2.21. The molecule has 3 aromatic rings. The van der Waals surface area contributed by atoms with E-state index in [1.807, 2.05) is 30.3 Å². The molecule has 0 radical (unpaired) electrons. The highest BCUT2D eigenvalue weighted by Gasteiger charge is 2.09. The third-order valence-corrected chi connectivity index (χ3v) is 5.18. The fourth-order valence-electron chi connectivity index (χ4n) is 3.36. The van der Waals surface area contributed by atoms with Crippen LogP contribution in [-0.2, 0) is 17.8 Å². The predicted octanol–water partition coefficient (Wildman–Crippen LogP) is 2.85. The first-order valence-electron chi connectivity index (χ1n) is 10.4. The number of hydrogen-bond donors (Lipinski definition) is 3. The molecule has 0 spiro atoms. The molecule has 0 fully saturated rings. The summed E-state index contributed by atoms with van der Waals surface area (Å²) in [5.41, 5.74) is 4.68. The summed E-state index contributed by atoms with van der Waals surface area (Å²) >= 11 is 0. The topological polar surface area (TPSA) is 81.7 Å². The summed E-state index contributed by atoms with van der Waals surface area (Å²) in [5.74, 6) is 1.42. The maximum absolute atomic E-state index is 12.0. The van der Waals surface area contributed by atoms with Gasteiger partial charge < -0.3 is 25.3 Å². The number of aromatic amines is 1. The number of amides is 1. The van der Waals surface area contributed by atoms with Gasteiger partial charge in [0.25, 0.3) is 0 Å². The van der Waals surface area contributed by atoms with Gasteiger partial charge in [-0.05, 0) is 42.7 Å². The van der Waals surface area contributed by atoms with Crippen LogP contribution in [0.15, 0.2) is 53.5 Å². The number of nitrogens with zero attached hydrogens (tertiary/aromatic N) is 2. The number of methoxy groups -OCH3 is 1. The lowest BCUT2D eigenvalue weighted by molar-refractivity contribution is -0.127. The highest BCUT2D eigenvalue weighted by atomic mass is 16.5. The van der Waals surface area contributed by atoms with E-state index >= 15 is 0 Å². The number of hydrogen-bond acceptors (Lipinski definition) is 3. The zero-order chi connectivity index (χ0) is 22.2. The van der Waals surface area contributed by atoms with Crippen molar-refractivity contribution in [1.82, 2.24) is 20.5 Å². The number of para-hydroxylation sites is 1. The minimum absolute atomic E-state index is 0.00794. The van der Waals surface area contributed by atoms with Crippen LogP contribution in [0.2, 0.25) is 0 Å². The molecule has 2 aromatic carbocycles. The average molecular weight is 422 g/mol. The summed E-state index contributed by atoms with van der Waals surface area (Å²) < 4.78 is 5.21. The number of guanidine groups is 1. The summed E-state index contributed by atoms with van der Waals surface area (Å²) in [4.78, 5) is 21.7. The Morgan fingerprint density at radius 3 is 2.55 bits per heavy atom. The Kier molecular flexibility index (Phi) is 7.54. The van der Waals surface area contributed by atoms with Crippen molar-refractivity contribution in [2.75, 3.05) is 34.3 Å². The molecule has 1 heterocycles. The van der Waals surface area contributed by atoms with Crippen LogP contribution in [0, 0.1) is 6.92 Å². The Morgan fingerprint density at radius 1 is 1.10 bits per heavy atom. The number of likely N-dealkylation sites (N-methyl/N-ethyl adjacent to an activating group) is 1. The summed E-state index contributed by atoms with van der Waals surface area (Å²) in [7, 11) is 5.13. The van der Waals surface area contributed by atoms with E-state index in [0.717, 1.165) is 23.3 Å². The van der Waals surface area contributed by atoms with Gasteiger partial charge in [0.15, 0.2) is 5.96 Å². The van der Waals surface area contributed by atoms with Crippen molar-refractivity contribution in [2.45, 2.75) is 19.9 Å². The van der Waals surface area contributed by atoms with Gasteiger partial charge in [-0.2, -0.15) is 0 Å². The summed E-state index contributed by atoms with van der Waals surface area (Å²) in [6.07, 6.45) is 0.848. The fraction of sp³-hybridized carbons (Fsp3) is 0.333. The predicted molar refractivity (Wildman–Crippen MR) is 126 cm³/mol. The number of ether oxygens (including phenoxy) is 1.